The number of fused-ring (bicyclic) bond motifs is 1. The second-order valence-corrected chi connectivity index (χ2v) is 6.03. The van der Waals surface area contributed by atoms with E-state index in [1.807, 2.05) is 24.3 Å². The third-order valence-electron chi connectivity index (χ3n) is 4.42. The molecule has 0 bridgehead atoms. The number of carbonyl (C=O) groups is 1. The Hall–Kier alpha value is -3.16. The molecule has 2 aromatic heterocycles. The molecule has 0 fully saturated rings. The number of rotatable bonds is 8. The second kappa shape index (κ2) is 8.48. The van der Waals surface area contributed by atoms with Gasteiger partial charge in [-0.3, -0.25) is 4.79 Å². The minimum atomic E-state index is -0.126. The van der Waals surface area contributed by atoms with Gasteiger partial charge in [0.2, 0.25) is 5.91 Å². The molecular formula is C19H24N6O2. The molecule has 0 unspecified atom stereocenters. The number of ether oxygens (including phenoxy) is 1. The Morgan fingerprint density at radius 2 is 1.93 bits per heavy atom. The lowest BCUT2D eigenvalue weighted by Gasteiger charge is -2.19. The minimum absolute atomic E-state index is 0.106. The van der Waals surface area contributed by atoms with E-state index in [0.717, 1.165) is 35.6 Å². The van der Waals surface area contributed by atoms with Crippen LogP contribution in [0.4, 0.5) is 5.82 Å². The molecule has 0 radical (unpaired) electrons. The van der Waals surface area contributed by atoms with Crippen molar-refractivity contribution in [1.29, 1.82) is 0 Å². The number of nitrogens with zero attached hydrogens (tertiary/aromatic N) is 5. The van der Waals surface area contributed by atoms with Gasteiger partial charge < -0.3 is 15.0 Å². The first-order chi connectivity index (χ1) is 13.2. The molecule has 0 aliphatic heterocycles. The van der Waals surface area contributed by atoms with Gasteiger partial charge in [-0.15, -0.1) is 0 Å². The van der Waals surface area contributed by atoms with Crippen molar-refractivity contribution in [2.24, 2.45) is 0 Å². The lowest BCUT2D eigenvalue weighted by atomic mass is 10.2. The van der Waals surface area contributed by atoms with Crippen LogP contribution >= 0.6 is 0 Å². The Balaban J connectivity index is 1.68. The van der Waals surface area contributed by atoms with Crippen LogP contribution in [0.3, 0.4) is 0 Å². The Morgan fingerprint density at radius 3 is 2.59 bits per heavy atom. The number of amides is 1. The normalized spacial score (nSPS) is 10.8. The van der Waals surface area contributed by atoms with Crippen molar-refractivity contribution in [2.45, 2.75) is 26.9 Å². The van der Waals surface area contributed by atoms with Gasteiger partial charge in [-0.2, -0.15) is 5.10 Å². The maximum absolute atomic E-state index is 12.3. The number of carbonyl (C=O) groups excluding carboxylic acids is 1. The first kappa shape index (κ1) is 18.6. The van der Waals surface area contributed by atoms with Crippen LogP contribution in [0.1, 0.15) is 19.4 Å². The molecule has 8 heteroatoms. The fourth-order valence-electron chi connectivity index (χ4n) is 2.91. The standard InChI is InChI=1S/C19H24N6O2/c1-4-24(5-2)18-16-11-23-25(19(16)22-13-21-18)12-17(26)20-10-14-6-8-15(27-3)9-7-14/h6-9,11,13H,4-5,10,12H2,1-3H3,(H,20,26). The van der Waals surface area contributed by atoms with E-state index >= 15 is 0 Å². The van der Waals surface area contributed by atoms with Crippen molar-refractivity contribution < 1.29 is 9.53 Å². The summed E-state index contributed by atoms with van der Waals surface area (Å²) in [6.07, 6.45) is 3.24. The van der Waals surface area contributed by atoms with Gasteiger partial charge >= 0.3 is 0 Å². The Kier molecular flexibility index (Phi) is 5.85. The van der Waals surface area contributed by atoms with Crippen LogP contribution in [0.5, 0.6) is 5.75 Å². The maximum Gasteiger partial charge on any atom is 0.242 e. The number of hydrogen-bond acceptors (Lipinski definition) is 6. The van der Waals surface area contributed by atoms with E-state index in [1.165, 1.54) is 6.33 Å². The van der Waals surface area contributed by atoms with Crippen molar-refractivity contribution in [1.82, 2.24) is 25.1 Å². The molecule has 1 amide bonds. The number of aromatic nitrogens is 4. The summed E-state index contributed by atoms with van der Waals surface area (Å²) in [6.45, 7) is 6.39. The molecule has 3 rings (SSSR count). The van der Waals surface area contributed by atoms with E-state index in [9.17, 15) is 4.79 Å². The SMILES string of the molecule is CCN(CC)c1ncnc2c1cnn2CC(=O)NCc1ccc(OC)cc1. The van der Waals surface area contributed by atoms with E-state index in [2.05, 4.69) is 39.1 Å². The second-order valence-electron chi connectivity index (χ2n) is 6.03. The highest BCUT2D eigenvalue weighted by Gasteiger charge is 2.15. The molecule has 1 N–H and O–H groups in total. The molecule has 27 heavy (non-hydrogen) atoms. The van der Waals surface area contributed by atoms with E-state index in [1.54, 1.807) is 18.0 Å². The van der Waals surface area contributed by atoms with Crippen LogP contribution in [0.2, 0.25) is 0 Å². The molecule has 2 heterocycles. The molecule has 3 aromatic rings. The van der Waals surface area contributed by atoms with E-state index in [-0.39, 0.29) is 12.5 Å². The van der Waals surface area contributed by atoms with Gasteiger partial charge in [0.25, 0.3) is 0 Å². The van der Waals surface area contributed by atoms with Gasteiger partial charge in [0.15, 0.2) is 5.65 Å². The zero-order valence-electron chi connectivity index (χ0n) is 15.8. The summed E-state index contributed by atoms with van der Waals surface area (Å²) >= 11 is 0. The van der Waals surface area contributed by atoms with E-state index in [0.29, 0.717) is 12.2 Å². The summed E-state index contributed by atoms with van der Waals surface area (Å²) in [6, 6.07) is 7.58. The first-order valence-electron chi connectivity index (χ1n) is 8.97. The van der Waals surface area contributed by atoms with Crippen molar-refractivity contribution in [3.63, 3.8) is 0 Å². The molecule has 0 saturated carbocycles. The van der Waals surface area contributed by atoms with Crippen LogP contribution < -0.4 is 15.0 Å². The smallest absolute Gasteiger partial charge is 0.242 e. The fourth-order valence-corrected chi connectivity index (χ4v) is 2.91. The van der Waals surface area contributed by atoms with Crippen LogP contribution in [-0.4, -0.2) is 45.9 Å². The van der Waals surface area contributed by atoms with Gasteiger partial charge in [0, 0.05) is 19.6 Å². The predicted octanol–water partition coefficient (Wildman–Crippen LogP) is 2.00. The minimum Gasteiger partial charge on any atom is -0.497 e. The molecular weight excluding hydrogens is 344 g/mol. The number of hydrogen-bond donors (Lipinski definition) is 1. The summed E-state index contributed by atoms with van der Waals surface area (Å²) in [5.41, 5.74) is 1.66. The first-order valence-corrected chi connectivity index (χ1v) is 8.97. The van der Waals surface area contributed by atoms with Crippen molar-refractivity contribution >= 4 is 22.8 Å². The van der Waals surface area contributed by atoms with Gasteiger partial charge in [0.05, 0.1) is 18.7 Å². The molecule has 0 atom stereocenters. The van der Waals surface area contributed by atoms with Crippen LogP contribution in [0.25, 0.3) is 11.0 Å². The molecule has 0 aliphatic rings. The van der Waals surface area contributed by atoms with Crippen molar-refractivity contribution in [2.75, 3.05) is 25.1 Å². The fraction of sp³-hybridized carbons (Fsp3) is 0.368. The topological polar surface area (TPSA) is 85.2 Å². The van der Waals surface area contributed by atoms with Crippen molar-refractivity contribution in [3.8, 4) is 5.75 Å². The monoisotopic (exact) mass is 368 g/mol. The number of nitrogens with one attached hydrogen (secondary N) is 1. The zero-order chi connectivity index (χ0) is 19.2. The summed E-state index contributed by atoms with van der Waals surface area (Å²) in [5.74, 6) is 1.51. The van der Waals surface area contributed by atoms with Gasteiger partial charge in [0.1, 0.15) is 24.4 Å². The average molecular weight is 368 g/mol. The van der Waals surface area contributed by atoms with Crippen LogP contribution in [-0.2, 0) is 17.9 Å². The van der Waals surface area contributed by atoms with Gasteiger partial charge in [-0.25, -0.2) is 14.6 Å². The van der Waals surface area contributed by atoms with Gasteiger partial charge in [-0.05, 0) is 31.5 Å². The number of benzene rings is 1. The predicted molar refractivity (Wildman–Crippen MR) is 104 cm³/mol. The molecule has 8 nitrogen and oxygen atoms in total. The summed E-state index contributed by atoms with van der Waals surface area (Å²) < 4.78 is 6.74. The number of methoxy groups -OCH3 is 1. The largest absolute Gasteiger partial charge is 0.497 e. The number of anilines is 1. The molecule has 1 aromatic carbocycles. The molecule has 0 aliphatic carbocycles. The zero-order valence-corrected chi connectivity index (χ0v) is 15.8. The highest BCUT2D eigenvalue weighted by Crippen LogP contribution is 2.22. The summed E-state index contributed by atoms with van der Waals surface area (Å²) in [5, 5.41) is 8.09. The van der Waals surface area contributed by atoms with E-state index in [4.69, 9.17) is 4.74 Å². The molecule has 142 valence electrons. The lowest BCUT2D eigenvalue weighted by molar-refractivity contribution is -0.121. The Labute approximate surface area is 158 Å². The Bertz CT molecular complexity index is 902. The summed E-state index contributed by atoms with van der Waals surface area (Å²) in [7, 11) is 1.63. The highest BCUT2D eigenvalue weighted by molar-refractivity contribution is 5.87. The maximum atomic E-state index is 12.3. The van der Waals surface area contributed by atoms with Crippen LogP contribution in [0.15, 0.2) is 36.8 Å². The average Bonchev–Trinajstić information content (AvgIpc) is 3.11. The lowest BCUT2D eigenvalue weighted by Crippen LogP contribution is -2.27. The van der Waals surface area contributed by atoms with Crippen molar-refractivity contribution in [3.05, 3.63) is 42.4 Å². The van der Waals surface area contributed by atoms with Gasteiger partial charge in [-0.1, -0.05) is 12.1 Å². The third kappa shape index (κ3) is 4.16. The highest BCUT2D eigenvalue weighted by atomic mass is 16.5. The summed E-state index contributed by atoms with van der Waals surface area (Å²) in [4.78, 5) is 23.2. The Morgan fingerprint density at radius 1 is 1.19 bits per heavy atom. The third-order valence-corrected chi connectivity index (χ3v) is 4.42. The quantitative estimate of drug-likeness (QED) is 0.655. The molecule has 0 spiro atoms. The van der Waals surface area contributed by atoms with E-state index < -0.39 is 0 Å². The molecule has 0 saturated heterocycles. The van der Waals surface area contributed by atoms with Crippen LogP contribution in [0, 0.1) is 0 Å².